The van der Waals surface area contributed by atoms with E-state index < -0.39 is 5.97 Å². The van der Waals surface area contributed by atoms with Crippen molar-refractivity contribution in [1.82, 2.24) is 10.5 Å². The first-order valence-electron chi connectivity index (χ1n) is 13.5. The summed E-state index contributed by atoms with van der Waals surface area (Å²) in [6.45, 7) is 7.71. The second-order valence-electron chi connectivity index (χ2n) is 10.3. The minimum atomic E-state index is -0.951. The first-order valence-corrected chi connectivity index (χ1v) is 13.5. The van der Waals surface area contributed by atoms with Crippen molar-refractivity contribution in [3.8, 4) is 0 Å². The fourth-order valence-corrected chi connectivity index (χ4v) is 5.25. The average Bonchev–Trinajstić information content (AvgIpc) is 3.51. The van der Waals surface area contributed by atoms with Crippen LogP contribution in [0.4, 0.5) is 0 Å². The van der Waals surface area contributed by atoms with Gasteiger partial charge in [0.1, 0.15) is 17.1 Å². The molecule has 5 rings (SSSR count). The monoisotopic (exact) mass is 548 g/mol. The first kappa shape index (κ1) is 27.6. The Morgan fingerprint density at radius 1 is 0.976 bits per heavy atom. The van der Waals surface area contributed by atoms with Crippen LogP contribution in [0.2, 0.25) is 0 Å². The molecule has 0 aliphatic rings. The minimum absolute atomic E-state index is 0.0975. The zero-order valence-corrected chi connectivity index (χ0v) is 23.5. The van der Waals surface area contributed by atoms with E-state index in [0.29, 0.717) is 33.9 Å². The van der Waals surface area contributed by atoms with Gasteiger partial charge in [0.05, 0.1) is 30.1 Å². The predicted octanol–water partition coefficient (Wildman–Crippen LogP) is 7.01. The molecule has 0 fully saturated rings. The molecule has 3 aromatic carbocycles. The molecule has 7 nitrogen and oxygen atoms in total. The zero-order valence-electron chi connectivity index (χ0n) is 23.5. The number of aromatic nitrogens is 1. The van der Waals surface area contributed by atoms with E-state index in [1.807, 2.05) is 54.6 Å². The highest BCUT2D eigenvalue weighted by atomic mass is 16.5. The molecule has 7 heteroatoms. The van der Waals surface area contributed by atoms with Gasteiger partial charge in [-0.15, -0.1) is 0 Å². The van der Waals surface area contributed by atoms with Crippen LogP contribution in [0.15, 0.2) is 87.8 Å². The summed E-state index contributed by atoms with van der Waals surface area (Å²) in [6, 6.07) is 23.5. The summed E-state index contributed by atoms with van der Waals surface area (Å²) in [6.07, 6.45) is 1.62. The summed E-state index contributed by atoms with van der Waals surface area (Å²) in [7, 11) is 0. The van der Waals surface area contributed by atoms with Gasteiger partial charge in [0.15, 0.2) is 0 Å². The van der Waals surface area contributed by atoms with Crippen molar-refractivity contribution < 1.29 is 23.6 Å². The van der Waals surface area contributed by atoms with Gasteiger partial charge in [-0.25, -0.2) is 0 Å². The van der Waals surface area contributed by atoms with Gasteiger partial charge in [0, 0.05) is 11.0 Å². The molecule has 1 unspecified atom stereocenters. The lowest BCUT2D eigenvalue weighted by molar-refractivity contribution is -0.136. The zero-order chi connectivity index (χ0) is 29.1. The second-order valence-corrected chi connectivity index (χ2v) is 10.3. The smallest absolute Gasteiger partial charge is 0.307 e. The maximum Gasteiger partial charge on any atom is 0.307 e. The fraction of sp³-hybridized carbons (Fsp3) is 0.206. The molecule has 208 valence electrons. The Kier molecular flexibility index (Phi) is 7.88. The molecule has 0 saturated heterocycles. The molecule has 0 bridgehead atoms. The largest absolute Gasteiger partial charge is 0.481 e. The summed E-state index contributed by atoms with van der Waals surface area (Å²) in [5.41, 5.74) is 7.81. The molecule has 0 aliphatic carbocycles. The molecule has 2 heterocycles. The van der Waals surface area contributed by atoms with Crippen molar-refractivity contribution in [3.05, 3.63) is 129 Å². The topological polar surface area (TPSA) is 106 Å². The number of hydrogen-bond donors (Lipinski definition) is 2. The van der Waals surface area contributed by atoms with E-state index in [9.17, 15) is 14.7 Å². The molecule has 1 atom stereocenters. The number of aryl methyl sites for hydroxylation is 4. The lowest BCUT2D eigenvalue weighted by Crippen LogP contribution is -2.31. The lowest BCUT2D eigenvalue weighted by Gasteiger charge is -2.22. The van der Waals surface area contributed by atoms with Crippen LogP contribution in [0.1, 0.15) is 63.1 Å². The van der Waals surface area contributed by atoms with Gasteiger partial charge in [-0.2, -0.15) is 0 Å². The number of fused-ring (bicyclic) bond motifs is 1. The van der Waals surface area contributed by atoms with Crippen LogP contribution < -0.4 is 5.32 Å². The number of aliphatic carboxylic acids is 1. The molecule has 0 radical (unpaired) electrons. The van der Waals surface area contributed by atoms with Crippen LogP contribution in [0.25, 0.3) is 16.5 Å². The number of amides is 1. The third-order valence-corrected chi connectivity index (χ3v) is 7.17. The maximum atomic E-state index is 13.4. The van der Waals surface area contributed by atoms with Crippen LogP contribution in [0.5, 0.6) is 0 Å². The van der Waals surface area contributed by atoms with Crippen molar-refractivity contribution in [2.75, 3.05) is 0 Å². The Bertz CT molecular complexity index is 1740. The number of carbonyl (C=O) groups is 2. The first-order chi connectivity index (χ1) is 19.7. The fourth-order valence-electron chi connectivity index (χ4n) is 5.25. The van der Waals surface area contributed by atoms with Gasteiger partial charge in [0.2, 0.25) is 5.91 Å². The molecule has 0 spiro atoms. The summed E-state index contributed by atoms with van der Waals surface area (Å²) < 4.78 is 11.5. The molecule has 41 heavy (non-hydrogen) atoms. The summed E-state index contributed by atoms with van der Waals surface area (Å²) >= 11 is 0. The van der Waals surface area contributed by atoms with Crippen molar-refractivity contribution in [3.63, 3.8) is 0 Å². The van der Waals surface area contributed by atoms with Gasteiger partial charge >= 0.3 is 5.97 Å². The molecular weight excluding hydrogens is 516 g/mol. The quantitative estimate of drug-likeness (QED) is 0.205. The molecule has 2 aromatic heterocycles. The number of carbonyl (C=O) groups excluding carboxylic acids is 1. The highest BCUT2D eigenvalue weighted by Gasteiger charge is 2.21. The van der Waals surface area contributed by atoms with E-state index in [-0.39, 0.29) is 24.8 Å². The number of benzene rings is 3. The Morgan fingerprint density at radius 2 is 1.76 bits per heavy atom. The summed E-state index contributed by atoms with van der Waals surface area (Å²) in [4.78, 5) is 24.7. The highest BCUT2D eigenvalue weighted by Crippen LogP contribution is 2.33. The molecule has 5 aromatic rings. The molecular formula is C34H32N2O5. The van der Waals surface area contributed by atoms with Crippen LogP contribution in [-0.4, -0.2) is 22.1 Å². The van der Waals surface area contributed by atoms with E-state index in [1.165, 1.54) is 5.56 Å². The van der Waals surface area contributed by atoms with E-state index >= 15 is 0 Å². The van der Waals surface area contributed by atoms with Crippen molar-refractivity contribution in [1.29, 1.82) is 0 Å². The number of nitrogens with one attached hydrogen (secondary N) is 1. The van der Waals surface area contributed by atoms with Crippen LogP contribution in [0.3, 0.4) is 0 Å². The Labute approximate surface area is 238 Å². The molecule has 2 N–H and O–H groups in total. The number of carboxylic acid groups (broad SMARTS) is 1. The van der Waals surface area contributed by atoms with Crippen LogP contribution >= 0.6 is 0 Å². The summed E-state index contributed by atoms with van der Waals surface area (Å²) in [5, 5.41) is 17.4. The number of furan rings is 1. The highest BCUT2D eigenvalue weighted by molar-refractivity contribution is 5.89. The van der Waals surface area contributed by atoms with Gasteiger partial charge in [-0.05, 0) is 68.1 Å². The van der Waals surface area contributed by atoms with Gasteiger partial charge in [-0.1, -0.05) is 71.4 Å². The number of carboxylic acids is 1. The molecule has 1 amide bonds. The van der Waals surface area contributed by atoms with E-state index in [1.54, 1.807) is 19.9 Å². The van der Waals surface area contributed by atoms with Crippen LogP contribution in [0, 0.1) is 27.7 Å². The second kappa shape index (κ2) is 11.7. The number of nitrogens with zero attached hydrogens (tertiary/aromatic N) is 1. The lowest BCUT2D eigenvalue weighted by atomic mass is 9.93. The van der Waals surface area contributed by atoms with Gasteiger partial charge in [-0.3, -0.25) is 9.59 Å². The molecule has 0 aliphatic heterocycles. The average molecular weight is 549 g/mol. The third-order valence-electron chi connectivity index (χ3n) is 7.17. The Balaban J connectivity index is 1.42. The van der Waals surface area contributed by atoms with E-state index in [4.69, 9.17) is 8.94 Å². The number of rotatable bonds is 9. The predicted molar refractivity (Wildman–Crippen MR) is 158 cm³/mol. The van der Waals surface area contributed by atoms with E-state index in [2.05, 4.69) is 42.5 Å². The molecule has 0 saturated carbocycles. The van der Waals surface area contributed by atoms with Gasteiger partial charge < -0.3 is 19.4 Å². The van der Waals surface area contributed by atoms with Gasteiger partial charge in [0.25, 0.3) is 0 Å². The maximum absolute atomic E-state index is 13.4. The minimum Gasteiger partial charge on any atom is -0.481 e. The summed E-state index contributed by atoms with van der Waals surface area (Å²) in [5.74, 6) is 0.0398. The standard InChI is InChI=1S/C34H32N2O5/c1-20-10-12-27(21(2)16-20)34(25-8-6-5-7-9-25)35-31(37)18-24-11-14-29-26(17-24)19-30(40-29)28(13-15-32(38)39)33-22(3)36-41-23(33)4/h5-14,16-17,19,34H,15,18H2,1-4H3,(H,35,37)(H,38,39). The Morgan fingerprint density at radius 3 is 2.44 bits per heavy atom. The normalized spacial score (nSPS) is 12.4. The van der Waals surface area contributed by atoms with Crippen molar-refractivity contribution in [2.24, 2.45) is 0 Å². The number of hydrogen-bond acceptors (Lipinski definition) is 5. The van der Waals surface area contributed by atoms with Crippen molar-refractivity contribution >= 4 is 28.4 Å². The third kappa shape index (κ3) is 6.14. The van der Waals surface area contributed by atoms with Crippen molar-refractivity contribution in [2.45, 2.75) is 46.6 Å². The SMILES string of the molecule is Cc1ccc(C(NC(=O)Cc2ccc3oc(C(=CCC(=O)O)c4c(C)noc4C)cc3c2)c2ccccc2)c(C)c1. The van der Waals surface area contributed by atoms with Crippen LogP contribution in [-0.2, 0) is 16.0 Å². The Hall–Kier alpha value is -4.91. The van der Waals surface area contributed by atoms with E-state index in [0.717, 1.165) is 27.6 Å².